The molecule has 3 heterocycles. The zero-order valence-corrected chi connectivity index (χ0v) is 15.5. The van der Waals surface area contributed by atoms with Crippen LogP contribution in [-0.4, -0.2) is 57.7 Å². The molecular weight excluding hydrogens is 344 g/mol. The van der Waals surface area contributed by atoms with E-state index in [1.165, 1.54) is 10.9 Å². The first kappa shape index (κ1) is 17.4. The molecule has 0 saturated carbocycles. The molecule has 1 aromatic carbocycles. The van der Waals surface area contributed by atoms with Crippen molar-refractivity contribution < 1.29 is 4.74 Å². The lowest BCUT2D eigenvalue weighted by atomic mass is 10.1. The number of fused-ring (bicyclic) bond motifs is 1. The molecule has 0 unspecified atom stereocenters. The molecule has 4 rings (SSSR count). The Morgan fingerprint density at radius 3 is 2.74 bits per heavy atom. The predicted molar refractivity (Wildman–Crippen MR) is 103 cm³/mol. The number of aryl methyl sites for hydroxylation is 1. The largest absolute Gasteiger partial charge is 0.480 e. The normalized spacial score (nSPS) is 15.3. The molecule has 140 valence electrons. The lowest BCUT2D eigenvalue weighted by Gasteiger charge is -2.36. The lowest BCUT2D eigenvalue weighted by molar-refractivity contribution is 0.248. The standard InChI is InChI=1S/C19H22N6O2/c1-23-13-20-10-14(19(23)26)11-24-5-7-25(8-6-24)15-3-4-17-16(9-15)18(27-2)22-12-21-17/h3-4,9-10,12-13H,5-8,11H2,1-2H3. The minimum absolute atomic E-state index is 0.0223. The quantitative estimate of drug-likeness (QED) is 0.683. The number of nitrogens with zero attached hydrogens (tertiary/aromatic N) is 6. The molecule has 1 aliphatic rings. The maximum atomic E-state index is 12.2. The fraction of sp³-hybridized carbons (Fsp3) is 0.368. The van der Waals surface area contributed by atoms with Gasteiger partial charge in [0.05, 0.1) is 24.3 Å². The smallest absolute Gasteiger partial charge is 0.257 e. The lowest BCUT2D eigenvalue weighted by Crippen LogP contribution is -2.46. The summed E-state index contributed by atoms with van der Waals surface area (Å²) in [6.45, 7) is 4.19. The molecule has 2 aromatic heterocycles. The van der Waals surface area contributed by atoms with Gasteiger partial charge in [-0.2, -0.15) is 0 Å². The van der Waals surface area contributed by atoms with Crippen LogP contribution in [0.2, 0.25) is 0 Å². The maximum absolute atomic E-state index is 12.2. The topological polar surface area (TPSA) is 76.4 Å². The first-order chi connectivity index (χ1) is 13.2. The molecule has 8 nitrogen and oxygen atoms in total. The van der Waals surface area contributed by atoms with E-state index in [2.05, 4.69) is 36.9 Å². The fourth-order valence-corrected chi connectivity index (χ4v) is 3.45. The molecule has 0 amide bonds. The van der Waals surface area contributed by atoms with E-state index in [1.54, 1.807) is 26.7 Å². The van der Waals surface area contributed by atoms with Gasteiger partial charge in [0.25, 0.3) is 5.56 Å². The summed E-state index contributed by atoms with van der Waals surface area (Å²) in [5.74, 6) is 0.591. The van der Waals surface area contributed by atoms with Gasteiger partial charge < -0.3 is 14.2 Å². The van der Waals surface area contributed by atoms with E-state index >= 15 is 0 Å². The first-order valence-electron chi connectivity index (χ1n) is 8.91. The van der Waals surface area contributed by atoms with Crippen molar-refractivity contribution in [1.82, 2.24) is 24.4 Å². The second-order valence-corrected chi connectivity index (χ2v) is 6.68. The third kappa shape index (κ3) is 3.48. The van der Waals surface area contributed by atoms with E-state index in [4.69, 9.17) is 4.74 Å². The van der Waals surface area contributed by atoms with Crippen molar-refractivity contribution in [2.45, 2.75) is 6.54 Å². The Kier molecular flexibility index (Phi) is 4.72. The van der Waals surface area contributed by atoms with Crippen molar-refractivity contribution in [1.29, 1.82) is 0 Å². The molecule has 0 bridgehead atoms. The van der Waals surface area contributed by atoms with Crippen molar-refractivity contribution >= 4 is 16.6 Å². The minimum Gasteiger partial charge on any atom is -0.480 e. The van der Waals surface area contributed by atoms with E-state index < -0.39 is 0 Å². The van der Waals surface area contributed by atoms with Gasteiger partial charge in [-0.3, -0.25) is 9.69 Å². The van der Waals surface area contributed by atoms with Crippen LogP contribution in [0.15, 0.2) is 41.8 Å². The molecule has 1 fully saturated rings. The number of benzene rings is 1. The van der Waals surface area contributed by atoms with Gasteiger partial charge in [-0.15, -0.1) is 0 Å². The molecule has 0 atom stereocenters. The Morgan fingerprint density at radius 1 is 1.15 bits per heavy atom. The molecule has 1 saturated heterocycles. The van der Waals surface area contributed by atoms with Gasteiger partial charge in [0.2, 0.25) is 5.88 Å². The van der Waals surface area contributed by atoms with Crippen LogP contribution in [0, 0.1) is 0 Å². The maximum Gasteiger partial charge on any atom is 0.257 e. The number of piperazine rings is 1. The number of hydrogen-bond acceptors (Lipinski definition) is 7. The van der Waals surface area contributed by atoms with Gasteiger partial charge in [-0.25, -0.2) is 15.0 Å². The Labute approximate surface area is 157 Å². The van der Waals surface area contributed by atoms with Crippen molar-refractivity contribution in [3.8, 4) is 5.88 Å². The molecule has 0 spiro atoms. The van der Waals surface area contributed by atoms with Crippen LogP contribution in [0.25, 0.3) is 10.9 Å². The second kappa shape index (κ2) is 7.32. The van der Waals surface area contributed by atoms with E-state index in [9.17, 15) is 4.79 Å². The van der Waals surface area contributed by atoms with Crippen LogP contribution in [0.5, 0.6) is 5.88 Å². The highest BCUT2D eigenvalue weighted by atomic mass is 16.5. The second-order valence-electron chi connectivity index (χ2n) is 6.68. The molecule has 1 aliphatic heterocycles. The van der Waals surface area contributed by atoms with E-state index in [-0.39, 0.29) is 5.56 Å². The number of ether oxygens (including phenoxy) is 1. The van der Waals surface area contributed by atoms with Crippen molar-refractivity contribution in [3.63, 3.8) is 0 Å². The molecule has 0 N–H and O–H groups in total. The molecule has 27 heavy (non-hydrogen) atoms. The summed E-state index contributed by atoms with van der Waals surface area (Å²) in [5.41, 5.74) is 2.76. The van der Waals surface area contributed by atoms with Crippen LogP contribution < -0.4 is 15.2 Å². The van der Waals surface area contributed by atoms with Gasteiger partial charge >= 0.3 is 0 Å². The number of hydrogen-bond donors (Lipinski definition) is 0. The molecule has 0 aliphatic carbocycles. The van der Waals surface area contributed by atoms with Gasteiger partial charge in [0.15, 0.2) is 0 Å². The summed E-state index contributed by atoms with van der Waals surface area (Å²) >= 11 is 0. The van der Waals surface area contributed by atoms with Gasteiger partial charge in [-0.1, -0.05) is 0 Å². The predicted octanol–water partition coefficient (Wildman–Crippen LogP) is 1.05. The Morgan fingerprint density at radius 2 is 1.96 bits per heavy atom. The van der Waals surface area contributed by atoms with Crippen LogP contribution >= 0.6 is 0 Å². The number of rotatable bonds is 4. The first-order valence-corrected chi connectivity index (χ1v) is 8.91. The highest BCUT2D eigenvalue weighted by Crippen LogP contribution is 2.27. The van der Waals surface area contributed by atoms with Crippen LogP contribution in [0.3, 0.4) is 0 Å². The van der Waals surface area contributed by atoms with E-state index in [0.717, 1.165) is 48.3 Å². The Hall–Kier alpha value is -3.00. The average molecular weight is 366 g/mol. The number of aromatic nitrogens is 4. The monoisotopic (exact) mass is 366 g/mol. The van der Waals surface area contributed by atoms with Crippen molar-refractivity contribution in [2.24, 2.45) is 7.05 Å². The summed E-state index contributed by atoms with van der Waals surface area (Å²) in [6.07, 6.45) is 4.73. The third-order valence-electron chi connectivity index (χ3n) is 4.97. The summed E-state index contributed by atoms with van der Waals surface area (Å²) in [7, 11) is 3.35. The fourth-order valence-electron chi connectivity index (χ4n) is 3.45. The van der Waals surface area contributed by atoms with Gasteiger partial charge in [-0.05, 0) is 18.2 Å². The Bertz CT molecular complexity index is 1010. The minimum atomic E-state index is 0.0223. The highest BCUT2D eigenvalue weighted by Gasteiger charge is 2.19. The van der Waals surface area contributed by atoms with E-state index in [1.807, 2.05) is 6.07 Å². The van der Waals surface area contributed by atoms with Crippen LogP contribution in [-0.2, 0) is 13.6 Å². The van der Waals surface area contributed by atoms with Crippen molar-refractivity contribution in [2.75, 3.05) is 38.2 Å². The zero-order chi connectivity index (χ0) is 18.8. The molecule has 8 heteroatoms. The summed E-state index contributed by atoms with van der Waals surface area (Å²) in [6, 6.07) is 6.17. The van der Waals surface area contributed by atoms with Gasteiger partial charge in [0, 0.05) is 57.2 Å². The molecule has 0 radical (unpaired) electrons. The SMILES string of the molecule is COc1ncnc2ccc(N3CCN(Cc4cncn(C)c4=O)CC3)cc12. The summed E-state index contributed by atoms with van der Waals surface area (Å²) in [4.78, 5) is 29.4. The summed E-state index contributed by atoms with van der Waals surface area (Å²) < 4.78 is 6.88. The average Bonchev–Trinajstić information content (AvgIpc) is 2.71. The van der Waals surface area contributed by atoms with E-state index in [0.29, 0.717) is 12.4 Å². The Balaban J connectivity index is 1.47. The number of methoxy groups -OCH3 is 1. The zero-order valence-electron chi connectivity index (χ0n) is 15.5. The van der Waals surface area contributed by atoms with Gasteiger partial charge in [0.1, 0.15) is 6.33 Å². The number of anilines is 1. The molecular formula is C19H22N6O2. The molecule has 3 aromatic rings. The highest BCUT2D eigenvalue weighted by molar-refractivity contribution is 5.86. The van der Waals surface area contributed by atoms with Crippen molar-refractivity contribution in [3.05, 3.63) is 53.0 Å². The van der Waals surface area contributed by atoms with Crippen LogP contribution in [0.4, 0.5) is 5.69 Å². The third-order valence-corrected chi connectivity index (χ3v) is 4.97. The van der Waals surface area contributed by atoms with Crippen LogP contribution in [0.1, 0.15) is 5.56 Å². The summed E-state index contributed by atoms with van der Waals surface area (Å²) in [5, 5.41) is 0.916.